The number of benzene rings is 2. The van der Waals surface area contributed by atoms with E-state index in [-0.39, 0.29) is 5.75 Å². The predicted octanol–water partition coefficient (Wildman–Crippen LogP) is 4.53. The molecule has 0 fully saturated rings. The molecule has 20 heavy (non-hydrogen) atoms. The molecule has 0 aromatic heterocycles. The summed E-state index contributed by atoms with van der Waals surface area (Å²) < 4.78 is 11.0. The molecule has 1 N–H and O–H groups in total. The molecule has 2 aromatic rings. The summed E-state index contributed by atoms with van der Waals surface area (Å²) in [5, 5.41) is 10.4. The number of aromatic hydroxyl groups is 1. The van der Waals surface area contributed by atoms with Crippen LogP contribution >= 0.6 is 27.5 Å². The van der Waals surface area contributed by atoms with Crippen LogP contribution in [0, 0.1) is 0 Å². The van der Waals surface area contributed by atoms with E-state index in [4.69, 9.17) is 21.1 Å². The molecule has 0 aliphatic rings. The minimum atomic E-state index is 0.228. The van der Waals surface area contributed by atoms with Crippen molar-refractivity contribution < 1.29 is 14.6 Å². The number of alkyl halides is 1. The van der Waals surface area contributed by atoms with Gasteiger partial charge in [0.05, 0.1) is 12.1 Å². The molecule has 2 aromatic carbocycles. The topological polar surface area (TPSA) is 38.7 Å². The lowest BCUT2D eigenvalue weighted by atomic mass is 10.2. The maximum absolute atomic E-state index is 9.24. The number of rotatable bonds is 5. The first-order valence-corrected chi connectivity index (χ1v) is 7.47. The van der Waals surface area contributed by atoms with Crippen molar-refractivity contribution in [3.8, 4) is 17.2 Å². The van der Waals surface area contributed by atoms with E-state index >= 15 is 0 Å². The zero-order valence-electron chi connectivity index (χ0n) is 10.9. The first-order valence-electron chi connectivity index (χ1n) is 5.97. The second-order valence-corrected chi connectivity index (χ2v) is 5.17. The maximum Gasteiger partial charge on any atom is 0.180 e. The van der Waals surface area contributed by atoms with Gasteiger partial charge in [0.25, 0.3) is 0 Å². The van der Waals surface area contributed by atoms with Gasteiger partial charge in [0, 0.05) is 5.33 Å². The molecule has 0 amide bonds. The van der Waals surface area contributed by atoms with Gasteiger partial charge in [-0.15, -0.1) is 0 Å². The van der Waals surface area contributed by atoms with Crippen LogP contribution in [0.3, 0.4) is 0 Å². The molecular weight excluding hydrogens is 344 g/mol. The Hall–Kier alpha value is -1.39. The van der Waals surface area contributed by atoms with Gasteiger partial charge < -0.3 is 14.6 Å². The monoisotopic (exact) mass is 356 g/mol. The zero-order chi connectivity index (χ0) is 14.5. The fourth-order valence-electron chi connectivity index (χ4n) is 1.74. The lowest BCUT2D eigenvalue weighted by molar-refractivity contribution is 0.284. The molecule has 3 nitrogen and oxygen atoms in total. The molecule has 0 aliphatic heterocycles. The molecule has 0 atom stereocenters. The number of halogens is 2. The van der Waals surface area contributed by atoms with Crippen LogP contribution < -0.4 is 9.47 Å². The van der Waals surface area contributed by atoms with Crippen molar-refractivity contribution in [3.05, 3.63) is 52.5 Å². The van der Waals surface area contributed by atoms with Crippen molar-refractivity contribution >= 4 is 27.5 Å². The summed E-state index contributed by atoms with van der Waals surface area (Å²) in [4.78, 5) is 0. The van der Waals surface area contributed by atoms with Crippen LogP contribution in [-0.2, 0) is 11.9 Å². The van der Waals surface area contributed by atoms with E-state index < -0.39 is 0 Å². The third-order valence-corrected chi connectivity index (χ3v) is 3.69. The van der Waals surface area contributed by atoms with E-state index in [0.717, 1.165) is 11.1 Å². The van der Waals surface area contributed by atoms with E-state index in [1.165, 1.54) is 0 Å². The summed E-state index contributed by atoms with van der Waals surface area (Å²) in [6.45, 7) is 0.351. The molecule has 0 unspecified atom stereocenters. The van der Waals surface area contributed by atoms with Gasteiger partial charge in [-0.1, -0.05) is 39.7 Å². The average molecular weight is 358 g/mol. The zero-order valence-corrected chi connectivity index (χ0v) is 13.2. The first kappa shape index (κ1) is 15.0. The molecule has 0 heterocycles. The fourth-order valence-corrected chi connectivity index (χ4v) is 2.35. The Balaban J connectivity index is 2.18. The Morgan fingerprint density at radius 3 is 2.45 bits per heavy atom. The van der Waals surface area contributed by atoms with E-state index in [0.29, 0.717) is 28.5 Å². The minimum absolute atomic E-state index is 0.228. The molecule has 2 rings (SSSR count). The predicted molar refractivity (Wildman–Crippen MR) is 83.1 cm³/mol. The van der Waals surface area contributed by atoms with Gasteiger partial charge in [0.1, 0.15) is 12.4 Å². The smallest absolute Gasteiger partial charge is 0.180 e. The number of phenols is 1. The largest absolute Gasteiger partial charge is 0.508 e. The Morgan fingerprint density at radius 1 is 1.15 bits per heavy atom. The fraction of sp³-hybridized carbons (Fsp3) is 0.200. The van der Waals surface area contributed by atoms with Crippen molar-refractivity contribution in [2.75, 3.05) is 7.11 Å². The van der Waals surface area contributed by atoms with Gasteiger partial charge in [0.2, 0.25) is 0 Å². The average Bonchev–Trinajstić information content (AvgIpc) is 2.47. The molecule has 0 aliphatic carbocycles. The second kappa shape index (κ2) is 6.86. The van der Waals surface area contributed by atoms with Crippen molar-refractivity contribution in [3.63, 3.8) is 0 Å². The van der Waals surface area contributed by atoms with Crippen LogP contribution in [0.15, 0.2) is 36.4 Å². The summed E-state index contributed by atoms with van der Waals surface area (Å²) in [5.74, 6) is 1.35. The summed E-state index contributed by atoms with van der Waals surface area (Å²) in [6, 6.07) is 10.5. The molecule has 0 radical (unpaired) electrons. The van der Waals surface area contributed by atoms with Gasteiger partial charge in [0.15, 0.2) is 11.5 Å². The highest BCUT2D eigenvalue weighted by Gasteiger charge is 2.12. The van der Waals surface area contributed by atoms with Crippen LogP contribution in [0.2, 0.25) is 5.02 Å². The Morgan fingerprint density at radius 2 is 1.85 bits per heavy atom. The Bertz CT molecular complexity index is 584. The quantitative estimate of drug-likeness (QED) is 0.799. The first-order chi connectivity index (χ1) is 9.63. The number of hydrogen-bond acceptors (Lipinski definition) is 3. The summed E-state index contributed by atoms with van der Waals surface area (Å²) >= 11 is 9.60. The maximum atomic E-state index is 9.24. The van der Waals surface area contributed by atoms with E-state index in [9.17, 15) is 5.11 Å². The lowest BCUT2D eigenvalue weighted by Gasteiger charge is -2.13. The van der Waals surface area contributed by atoms with Crippen LogP contribution in [0.25, 0.3) is 0 Å². The number of phenolic OH excluding ortho intramolecular Hbond substituents is 1. The summed E-state index contributed by atoms with van der Waals surface area (Å²) in [5.41, 5.74) is 1.95. The molecule has 0 saturated carbocycles. The lowest BCUT2D eigenvalue weighted by Crippen LogP contribution is -1.99. The van der Waals surface area contributed by atoms with Crippen LogP contribution in [0.4, 0.5) is 0 Å². The van der Waals surface area contributed by atoms with E-state index in [1.807, 2.05) is 12.1 Å². The van der Waals surface area contributed by atoms with Crippen molar-refractivity contribution in [1.82, 2.24) is 0 Å². The van der Waals surface area contributed by atoms with Crippen LogP contribution in [0.5, 0.6) is 17.2 Å². The van der Waals surface area contributed by atoms with E-state index in [2.05, 4.69) is 15.9 Å². The highest BCUT2D eigenvalue weighted by atomic mass is 79.9. The van der Waals surface area contributed by atoms with Crippen molar-refractivity contribution in [2.45, 2.75) is 11.9 Å². The molecule has 0 bridgehead atoms. The number of hydrogen-bond donors (Lipinski definition) is 1. The standard InChI is InChI=1S/C15H14BrClO3/c1-19-14-7-11(8-16)6-13(17)15(14)20-9-10-2-4-12(18)5-3-10/h2-7,18H,8-9H2,1H3. The van der Waals surface area contributed by atoms with Gasteiger partial charge in [-0.25, -0.2) is 0 Å². The van der Waals surface area contributed by atoms with Gasteiger partial charge >= 0.3 is 0 Å². The van der Waals surface area contributed by atoms with E-state index in [1.54, 1.807) is 31.4 Å². The molecule has 106 valence electrons. The van der Waals surface area contributed by atoms with Gasteiger partial charge in [-0.2, -0.15) is 0 Å². The third-order valence-electron chi connectivity index (χ3n) is 2.76. The highest BCUT2D eigenvalue weighted by Crippen LogP contribution is 2.37. The Labute approximate surface area is 131 Å². The van der Waals surface area contributed by atoms with Crippen molar-refractivity contribution in [1.29, 1.82) is 0 Å². The number of methoxy groups -OCH3 is 1. The van der Waals surface area contributed by atoms with Gasteiger partial charge in [-0.3, -0.25) is 0 Å². The summed E-state index contributed by atoms with van der Waals surface area (Å²) in [7, 11) is 1.58. The van der Waals surface area contributed by atoms with Crippen LogP contribution in [0.1, 0.15) is 11.1 Å². The normalized spacial score (nSPS) is 10.3. The molecule has 0 spiro atoms. The van der Waals surface area contributed by atoms with Crippen molar-refractivity contribution in [2.24, 2.45) is 0 Å². The molecular formula is C15H14BrClO3. The minimum Gasteiger partial charge on any atom is -0.508 e. The van der Waals surface area contributed by atoms with Crippen LogP contribution in [-0.4, -0.2) is 12.2 Å². The molecule has 0 saturated heterocycles. The summed E-state index contributed by atoms with van der Waals surface area (Å²) in [6.07, 6.45) is 0. The van der Waals surface area contributed by atoms with Gasteiger partial charge in [-0.05, 0) is 35.4 Å². The number of ether oxygens (including phenoxy) is 2. The second-order valence-electron chi connectivity index (χ2n) is 4.20. The SMILES string of the molecule is COc1cc(CBr)cc(Cl)c1OCc1ccc(O)cc1. The highest BCUT2D eigenvalue weighted by molar-refractivity contribution is 9.08. The third kappa shape index (κ3) is 3.58. The Kier molecular flexibility index (Phi) is 5.15. The molecule has 5 heteroatoms.